The van der Waals surface area contributed by atoms with Crippen LogP contribution >= 0.6 is 23.2 Å². The summed E-state index contributed by atoms with van der Waals surface area (Å²) < 4.78 is 1.84. The van der Waals surface area contributed by atoms with E-state index in [2.05, 4.69) is 10.2 Å². The largest absolute Gasteiger partial charge is 0.284 e. The first-order valence-electron chi connectivity index (χ1n) is 4.44. The van der Waals surface area contributed by atoms with Crippen LogP contribution in [-0.2, 0) is 5.88 Å². The van der Waals surface area contributed by atoms with Crippen molar-refractivity contribution in [2.45, 2.75) is 12.8 Å². The van der Waals surface area contributed by atoms with Crippen molar-refractivity contribution in [3.8, 4) is 5.69 Å². The van der Waals surface area contributed by atoms with E-state index < -0.39 is 0 Å². The Morgan fingerprint density at radius 1 is 1.40 bits per heavy atom. The molecule has 78 valence electrons. The molecule has 1 aromatic carbocycles. The maximum absolute atomic E-state index is 6.04. The molecule has 0 amide bonds. The topological polar surface area (TPSA) is 30.7 Å². The Morgan fingerprint density at radius 2 is 2.20 bits per heavy atom. The van der Waals surface area contributed by atoms with Crippen molar-refractivity contribution in [2.24, 2.45) is 0 Å². The number of alkyl halides is 1. The van der Waals surface area contributed by atoms with Gasteiger partial charge < -0.3 is 0 Å². The number of aromatic nitrogens is 3. The number of benzene rings is 1. The first kappa shape index (κ1) is 10.5. The van der Waals surface area contributed by atoms with Gasteiger partial charge in [-0.2, -0.15) is 0 Å². The lowest BCUT2D eigenvalue weighted by Gasteiger charge is -2.09. The van der Waals surface area contributed by atoms with Crippen LogP contribution in [0.15, 0.2) is 24.5 Å². The summed E-state index contributed by atoms with van der Waals surface area (Å²) in [6, 6.07) is 5.70. The van der Waals surface area contributed by atoms with Crippen LogP contribution in [0.1, 0.15) is 11.4 Å². The van der Waals surface area contributed by atoms with Crippen LogP contribution in [-0.4, -0.2) is 14.8 Å². The number of halogens is 2. The second-order valence-corrected chi connectivity index (χ2v) is 3.81. The lowest BCUT2D eigenvalue weighted by molar-refractivity contribution is 0.943. The van der Waals surface area contributed by atoms with E-state index in [4.69, 9.17) is 23.2 Å². The monoisotopic (exact) mass is 241 g/mol. The Kier molecular flexibility index (Phi) is 2.93. The minimum Gasteiger partial charge on any atom is -0.284 e. The first-order chi connectivity index (χ1) is 7.24. The lowest BCUT2D eigenvalue weighted by atomic mass is 10.2. The van der Waals surface area contributed by atoms with Gasteiger partial charge in [0.2, 0.25) is 0 Å². The summed E-state index contributed by atoms with van der Waals surface area (Å²) in [5, 5.41) is 8.47. The molecule has 15 heavy (non-hydrogen) atoms. The normalized spacial score (nSPS) is 10.6. The fraction of sp³-hybridized carbons (Fsp3) is 0.200. The van der Waals surface area contributed by atoms with Crippen LogP contribution < -0.4 is 0 Å². The Labute approximate surface area is 97.7 Å². The zero-order chi connectivity index (χ0) is 10.8. The summed E-state index contributed by atoms with van der Waals surface area (Å²) in [4.78, 5) is 0. The van der Waals surface area contributed by atoms with E-state index in [9.17, 15) is 0 Å². The van der Waals surface area contributed by atoms with E-state index >= 15 is 0 Å². The van der Waals surface area contributed by atoms with Gasteiger partial charge in [0.1, 0.15) is 6.33 Å². The van der Waals surface area contributed by atoms with Crippen LogP contribution in [0.4, 0.5) is 0 Å². The molecule has 0 fully saturated rings. The summed E-state index contributed by atoms with van der Waals surface area (Å²) in [6.07, 6.45) is 1.64. The average molecular weight is 242 g/mol. The molecule has 0 aliphatic rings. The van der Waals surface area contributed by atoms with Crippen LogP contribution in [0, 0.1) is 6.92 Å². The third-order valence-corrected chi connectivity index (χ3v) is 2.89. The third kappa shape index (κ3) is 1.85. The van der Waals surface area contributed by atoms with Crippen LogP contribution in [0.5, 0.6) is 0 Å². The van der Waals surface area contributed by atoms with E-state index in [1.807, 2.05) is 29.7 Å². The molecule has 0 unspecified atom stereocenters. The smallest absolute Gasteiger partial charge is 0.152 e. The van der Waals surface area contributed by atoms with Gasteiger partial charge in [-0.15, -0.1) is 21.8 Å². The second kappa shape index (κ2) is 4.21. The zero-order valence-electron chi connectivity index (χ0n) is 8.11. The Hall–Kier alpha value is -1.06. The van der Waals surface area contributed by atoms with Crippen LogP contribution in [0.3, 0.4) is 0 Å². The Bertz CT molecular complexity index is 479. The molecule has 0 N–H and O–H groups in total. The van der Waals surface area contributed by atoms with Gasteiger partial charge in [-0.1, -0.05) is 17.7 Å². The molecule has 1 aromatic heterocycles. The van der Waals surface area contributed by atoms with Crippen molar-refractivity contribution >= 4 is 23.2 Å². The lowest BCUT2D eigenvalue weighted by Crippen LogP contribution is -2.00. The maximum atomic E-state index is 6.04. The van der Waals surface area contributed by atoms with Gasteiger partial charge in [0.25, 0.3) is 0 Å². The Morgan fingerprint density at radius 3 is 2.93 bits per heavy atom. The average Bonchev–Trinajstić information content (AvgIpc) is 2.70. The van der Waals surface area contributed by atoms with Gasteiger partial charge >= 0.3 is 0 Å². The predicted octanol–water partition coefficient (Wildman–Crippen LogP) is 2.97. The molecule has 0 radical (unpaired) electrons. The van der Waals surface area contributed by atoms with Gasteiger partial charge in [0, 0.05) is 5.02 Å². The van der Waals surface area contributed by atoms with Crippen molar-refractivity contribution in [1.82, 2.24) is 14.8 Å². The van der Waals surface area contributed by atoms with Gasteiger partial charge in [0.15, 0.2) is 5.82 Å². The van der Waals surface area contributed by atoms with E-state index in [0.29, 0.717) is 11.7 Å². The maximum Gasteiger partial charge on any atom is 0.152 e. The van der Waals surface area contributed by atoms with Crippen molar-refractivity contribution < 1.29 is 0 Å². The highest BCUT2D eigenvalue weighted by Crippen LogP contribution is 2.22. The molecule has 5 heteroatoms. The van der Waals surface area contributed by atoms with Crippen molar-refractivity contribution in [1.29, 1.82) is 0 Å². The molecule has 0 atom stereocenters. The summed E-state index contributed by atoms with van der Waals surface area (Å²) in [7, 11) is 0. The number of rotatable bonds is 2. The minimum atomic E-state index is 0.325. The minimum absolute atomic E-state index is 0.325. The van der Waals surface area contributed by atoms with E-state index in [1.165, 1.54) is 0 Å². The molecular formula is C10H9Cl2N3. The molecule has 0 saturated heterocycles. The molecule has 0 aliphatic heterocycles. The van der Waals surface area contributed by atoms with E-state index in [1.54, 1.807) is 6.33 Å². The molecule has 2 aromatic rings. The van der Waals surface area contributed by atoms with Crippen molar-refractivity contribution in [2.75, 3.05) is 0 Å². The predicted molar refractivity (Wildman–Crippen MR) is 60.7 cm³/mol. The quantitative estimate of drug-likeness (QED) is 0.758. The molecule has 0 spiro atoms. The zero-order valence-corrected chi connectivity index (χ0v) is 9.63. The van der Waals surface area contributed by atoms with E-state index in [-0.39, 0.29) is 0 Å². The van der Waals surface area contributed by atoms with Gasteiger partial charge in [-0.3, -0.25) is 4.57 Å². The van der Waals surface area contributed by atoms with E-state index in [0.717, 1.165) is 16.3 Å². The molecule has 2 rings (SSSR count). The van der Waals surface area contributed by atoms with Gasteiger partial charge in [-0.05, 0) is 24.6 Å². The summed E-state index contributed by atoms with van der Waals surface area (Å²) in [5.74, 6) is 1.04. The molecule has 0 saturated carbocycles. The first-order valence-corrected chi connectivity index (χ1v) is 5.35. The van der Waals surface area contributed by atoms with Crippen LogP contribution in [0.25, 0.3) is 5.69 Å². The molecule has 3 nitrogen and oxygen atoms in total. The fourth-order valence-electron chi connectivity index (χ4n) is 1.41. The number of nitrogens with zero attached hydrogens (tertiary/aromatic N) is 3. The number of hydrogen-bond acceptors (Lipinski definition) is 2. The summed E-state index contributed by atoms with van der Waals surface area (Å²) in [6.45, 7) is 1.95. The molecule has 1 heterocycles. The highest BCUT2D eigenvalue weighted by atomic mass is 35.5. The van der Waals surface area contributed by atoms with Crippen molar-refractivity contribution in [3.05, 3.63) is 40.9 Å². The number of hydrogen-bond donors (Lipinski definition) is 0. The van der Waals surface area contributed by atoms with Gasteiger partial charge in [0.05, 0.1) is 11.6 Å². The Balaban J connectivity index is 2.59. The van der Waals surface area contributed by atoms with Gasteiger partial charge in [-0.25, -0.2) is 0 Å². The third-order valence-electron chi connectivity index (χ3n) is 2.24. The highest BCUT2D eigenvalue weighted by molar-refractivity contribution is 6.31. The fourth-order valence-corrected chi connectivity index (χ4v) is 1.76. The standard InChI is InChI=1S/C10H9Cl2N3/c1-7-8(12)3-2-4-9(7)15-6-13-14-10(15)5-11/h2-4,6H,5H2,1H3. The second-order valence-electron chi connectivity index (χ2n) is 3.13. The van der Waals surface area contributed by atoms with Crippen LogP contribution in [0.2, 0.25) is 5.02 Å². The molecule has 0 aliphatic carbocycles. The molecular weight excluding hydrogens is 233 g/mol. The van der Waals surface area contributed by atoms with Crippen molar-refractivity contribution in [3.63, 3.8) is 0 Å². The SMILES string of the molecule is Cc1c(Cl)cccc1-n1cnnc1CCl. The molecule has 0 bridgehead atoms. The summed E-state index contributed by atoms with van der Waals surface area (Å²) >= 11 is 11.8. The highest BCUT2D eigenvalue weighted by Gasteiger charge is 2.08. The summed E-state index contributed by atoms with van der Waals surface area (Å²) in [5.41, 5.74) is 1.95.